The summed E-state index contributed by atoms with van der Waals surface area (Å²) in [6.07, 6.45) is 9.32. The van der Waals surface area contributed by atoms with Crippen LogP contribution in [0, 0.1) is 0 Å². The molecular formula is C28H35O3P. The summed E-state index contributed by atoms with van der Waals surface area (Å²) in [6.45, 7) is 4.41. The smallest absolute Gasteiger partial charge is 0.413 e. The number of benzene rings is 3. The molecule has 0 fully saturated rings. The van der Waals surface area contributed by atoms with Crippen LogP contribution in [0.15, 0.2) is 78.9 Å². The normalized spacial score (nSPS) is 11.3. The first kappa shape index (κ1) is 24.1. The van der Waals surface area contributed by atoms with Gasteiger partial charge in [-0.3, -0.25) is 0 Å². The van der Waals surface area contributed by atoms with Crippen molar-refractivity contribution in [2.24, 2.45) is 0 Å². The van der Waals surface area contributed by atoms with Crippen molar-refractivity contribution in [2.45, 2.75) is 65.2 Å². The van der Waals surface area contributed by atoms with Crippen LogP contribution in [0.5, 0.6) is 11.5 Å². The van der Waals surface area contributed by atoms with Crippen molar-refractivity contribution < 1.29 is 13.6 Å². The van der Waals surface area contributed by atoms with Crippen molar-refractivity contribution in [2.75, 3.05) is 0 Å². The molecule has 3 nitrogen and oxygen atoms in total. The molecule has 0 aliphatic heterocycles. The van der Waals surface area contributed by atoms with Crippen molar-refractivity contribution >= 4 is 12.9 Å². The molecule has 0 N–H and O–H groups in total. The van der Waals surface area contributed by atoms with Gasteiger partial charge in [-0.15, -0.1) is 0 Å². The van der Waals surface area contributed by atoms with Crippen LogP contribution in [-0.4, -0.2) is 0 Å². The highest BCUT2D eigenvalue weighted by Gasteiger charge is 2.31. The van der Waals surface area contributed by atoms with E-state index in [0.717, 1.165) is 12.8 Å². The molecule has 3 aromatic rings. The van der Waals surface area contributed by atoms with Gasteiger partial charge in [0.05, 0.1) is 5.30 Å². The topological polar surface area (TPSA) is 35.5 Å². The Morgan fingerprint density at radius 1 is 0.594 bits per heavy atom. The van der Waals surface area contributed by atoms with E-state index >= 15 is 0 Å². The molecule has 0 amide bonds. The Hall–Kier alpha value is -2.51. The van der Waals surface area contributed by atoms with Gasteiger partial charge >= 0.3 is 7.60 Å². The fourth-order valence-corrected chi connectivity index (χ4v) is 5.19. The van der Waals surface area contributed by atoms with E-state index < -0.39 is 7.60 Å². The Kier molecular flexibility index (Phi) is 9.43. The number of hydrogen-bond donors (Lipinski definition) is 0. The number of hydrogen-bond acceptors (Lipinski definition) is 3. The molecule has 0 bridgehead atoms. The van der Waals surface area contributed by atoms with Gasteiger partial charge in [-0.1, -0.05) is 82.0 Å². The van der Waals surface area contributed by atoms with Crippen LogP contribution < -0.4 is 14.4 Å². The minimum absolute atomic E-state index is 0.541. The molecule has 0 aliphatic carbocycles. The third-order valence-electron chi connectivity index (χ3n) is 5.51. The van der Waals surface area contributed by atoms with Crippen molar-refractivity contribution in [3.63, 3.8) is 0 Å². The van der Waals surface area contributed by atoms with Crippen LogP contribution in [0.1, 0.15) is 63.5 Å². The van der Waals surface area contributed by atoms with Gasteiger partial charge in [-0.05, 0) is 73.2 Å². The summed E-state index contributed by atoms with van der Waals surface area (Å²) < 4.78 is 25.9. The Balaban J connectivity index is 1.74. The van der Waals surface area contributed by atoms with Crippen LogP contribution in [0.25, 0.3) is 0 Å². The van der Waals surface area contributed by atoms with Gasteiger partial charge in [-0.25, -0.2) is 4.57 Å². The van der Waals surface area contributed by atoms with Crippen LogP contribution in [0.3, 0.4) is 0 Å². The van der Waals surface area contributed by atoms with E-state index in [9.17, 15) is 4.57 Å². The Morgan fingerprint density at radius 3 is 1.44 bits per heavy atom. The molecule has 0 saturated carbocycles. The molecule has 3 rings (SSSR count). The number of aryl methyl sites for hydroxylation is 2. The van der Waals surface area contributed by atoms with E-state index in [4.69, 9.17) is 9.05 Å². The zero-order chi connectivity index (χ0) is 22.7. The maximum Gasteiger partial charge on any atom is 0.462 e. The van der Waals surface area contributed by atoms with Gasteiger partial charge in [0.25, 0.3) is 0 Å². The average molecular weight is 451 g/mol. The summed E-state index contributed by atoms with van der Waals surface area (Å²) in [5.74, 6) is 1.10. The average Bonchev–Trinajstić information content (AvgIpc) is 2.82. The summed E-state index contributed by atoms with van der Waals surface area (Å²) in [7, 11) is -3.60. The predicted molar refractivity (Wildman–Crippen MR) is 134 cm³/mol. The molecule has 0 unspecified atom stereocenters. The summed E-state index contributed by atoms with van der Waals surface area (Å²) in [5, 5.41) is 0.541. The zero-order valence-corrected chi connectivity index (χ0v) is 20.2. The Labute approximate surface area is 193 Å². The Morgan fingerprint density at radius 2 is 1.03 bits per heavy atom. The molecule has 0 radical (unpaired) electrons. The minimum Gasteiger partial charge on any atom is -0.413 e. The fourth-order valence-electron chi connectivity index (χ4n) is 3.60. The summed E-state index contributed by atoms with van der Waals surface area (Å²) in [5.41, 5.74) is 2.53. The van der Waals surface area contributed by atoms with E-state index in [1.807, 2.05) is 66.7 Å². The highest BCUT2D eigenvalue weighted by molar-refractivity contribution is 7.63. The van der Waals surface area contributed by atoms with Gasteiger partial charge in [0, 0.05) is 0 Å². The molecule has 0 spiro atoms. The number of rotatable bonds is 13. The minimum atomic E-state index is -3.60. The largest absolute Gasteiger partial charge is 0.462 e. The van der Waals surface area contributed by atoms with E-state index in [2.05, 4.69) is 13.8 Å². The van der Waals surface area contributed by atoms with Crippen molar-refractivity contribution in [1.82, 2.24) is 0 Å². The van der Waals surface area contributed by atoms with Gasteiger partial charge in [-0.2, -0.15) is 0 Å². The maximum absolute atomic E-state index is 13.9. The van der Waals surface area contributed by atoms with Crippen LogP contribution in [0.2, 0.25) is 0 Å². The van der Waals surface area contributed by atoms with Gasteiger partial charge in [0.15, 0.2) is 0 Å². The summed E-state index contributed by atoms with van der Waals surface area (Å²) in [6, 6.07) is 24.9. The van der Waals surface area contributed by atoms with Crippen molar-refractivity contribution in [1.29, 1.82) is 0 Å². The molecule has 32 heavy (non-hydrogen) atoms. The molecule has 170 valence electrons. The van der Waals surface area contributed by atoms with Gasteiger partial charge in [0.2, 0.25) is 0 Å². The van der Waals surface area contributed by atoms with Crippen LogP contribution >= 0.6 is 7.60 Å². The highest BCUT2D eigenvalue weighted by Crippen LogP contribution is 2.47. The molecule has 4 heteroatoms. The Bertz CT molecular complexity index is 906. The molecular weight excluding hydrogens is 415 g/mol. The standard InChI is InChI=1S/C28H35O3P/c1-3-5-8-12-24-16-20-26(21-17-24)30-32(29,28-14-10-7-11-15-28)31-27-22-18-25(19-23-27)13-9-6-4-2/h7,10-11,14-23H,3-6,8-9,12-13H2,1-2H3. The zero-order valence-electron chi connectivity index (χ0n) is 19.3. The third kappa shape index (κ3) is 7.28. The monoisotopic (exact) mass is 450 g/mol. The SMILES string of the molecule is CCCCCc1ccc(OP(=O)(Oc2ccc(CCCCC)cc2)c2ccccc2)cc1. The lowest BCUT2D eigenvalue weighted by Gasteiger charge is -2.20. The van der Waals surface area contributed by atoms with Crippen molar-refractivity contribution in [3.8, 4) is 11.5 Å². The van der Waals surface area contributed by atoms with E-state index in [1.54, 1.807) is 12.1 Å². The first-order valence-corrected chi connectivity index (χ1v) is 13.4. The second-order valence-electron chi connectivity index (χ2n) is 8.22. The first-order valence-electron chi connectivity index (χ1n) is 11.9. The lowest BCUT2D eigenvalue weighted by molar-refractivity contribution is 0.399. The molecule has 0 atom stereocenters. The van der Waals surface area contributed by atoms with Crippen LogP contribution in [0.4, 0.5) is 0 Å². The lowest BCUT2D eigenvalue weighted by atomic mass is 10.1. The van der Waals surface area contributed by atoms with Crippen LogP contribution in [-0.2, 0) is 17.4 Å². The van der Waals surface area contributed by atoms with E-state index in [-0.39, 0.29) is 0 Å². The summed E-state index contributed by atoms with van der Waals surface area (Å²) in [4.78, 5) is 0. The number of unbranched alkanes of at least 4 members (excludes halogenated alkanes) is 4. The first-order chi connectivity index (χ1) is 15.6. The molecule has 0 saturated heterocycles. The molecule has 0 aromatic heterocycles. The molecule has 0 aliphatic rings. The van der Waals surface area contributed by atoms with Gasteiger partial charge in [0.1, 0.15) is 11.5 Å². The quantitative estimate of drug-likeness (QED) is 0.195. The van der Waals surface area contributed by atoms with E-state index in [1.165, 1.54) is 49.7 Å². The highest BCUT2D eigenvalue weighted by atomic mass is 31.2. The molecule has 3 aromatic carbocycles. The third-order valence-corrected chi connectivity index (χ3v) is 7.34. The fraction of sp³-hybridized carbons (Fsp3) is 0.357. The predicted octanol–water partition coefficient (Wildman–Crippen LogP) is 8.13. The van der Waals surface area contributed by atoms with Crippen molar-refractivity contribution in [3.05, 3.63) is 90.0 Å². The maximum atomic E-state index is 13.9. The second kappa shape index (κ2) is 12.5. The summed E-state index contributed by atoms with van der Waals surface area (Å²) >= 11 is 0. The van der Waals surface area contributed by atoms with Gasteiger partial charge < -0.3 is 9.05 Å². The molecule has 0 heterocycles. The second-order valence-corrected chi connectivity index (χ2v) is 10.1. The lowest BCUT2D eigenvalue weighted by Crippen LogP contribution is -2.14. The van der Waals surface area contributed by atoms with E-state index in [0.29, 0.717) is 16.8 Å².